The molecule has 6 heteroatoms. The number of sulfonamides is 1. The number of hydrogen-bond donors (Lipinski definition) is 2. The van der Waals surface area contributed by atoms with Crippen molar-refractivity contribution < 1.29 is 8.42 Å². The van der Waals surface area contributed by atoms with E-state index in [1.807, 2.05) is 13.0 Å². The van der Waals surface area contributed by atoms with Crippen LogP contribution in [0.1, 0.15) is 49.5 Å². The minimum Gasteiger partial charge on any atom is -0.309 e. The Labute approximate surface area is 131 Å². The highest BCUT2D eigenvalue weighted by Gasteiger charge is 2.28. The lowest BCUT2D eigenvalue weighted by molar-refractivity contribution is 0.540. The summed E-state index contributed by atoms with van der Waals surface area (Å²) in [7, 11) is -3.35. The Kier molecular flexibility index (Phi) is 4.41. The first-order valence-electron chi connectivity index (χ1n) is 7.79. The van der Waals surface area contributed by atoms with Gasteiger partial charge in [0.05, 0.1) is 0 Å². The summed E-state index contributed by atoms with van der Waals surface area (Å²) in [5, 5.41) is 3.45. The fourth-order valence-electron chi connectivity index (χ4n) is 2.91. The summed E-state index contributed by atoms with van der Waals surface area (Å²) in [6.45, 7) is 4.97. The molecule has 2 aliphatic carbocycles. The maximum absolute atomic E-state index is 12.5. The van der Waals surface area contributed by atoms with Gasteiger partial charge in [0, 0.05) is 23.5 Å². The predicted octanol–water partition coefficient (Wildman–Crippen LogP) is 2.78. The highest BCUT2D eigenvalue weighted by Crippen LogP contribution is 2.30. The van der Waals surface area contributed by atoms with Crippen LogP contribution >= 0.6 is 11.3 Å². The molecule has 4 nitrogen and oxygen atoms in total. The van der Waals surface area contributed by atoms with Gasteiger partial charge in [0.1, 0.15) is 4.21 Å². The molecule has 0 aliphatic heterocycles. The predicted molar refractivity (Wildman–Crippen MR) is 86.0 cm³/mol. The van der Waals surface area contributed by atoms with Crippen LogP contribution in [0.2, 0.25) is 0 Å². The average molecular weight is 329 g/mol. The first kappa shape index (κ1) is 15.5. The Morgan fingerprint density at radius 2 is 1.95 bits per heavy atom. The number of aryl methyl sites for hydroxylation is 1. The van der Waals surface area contributed by atoms with Gasteiger partial charge in [-0.3, -0.25) is 0 Å². The van der Waals surface area contributed by atoms with Crippen molar-refractivity contribution in [1.29, 1.82) is 0 Å². The molecular formula is C15H24N2O2S2. The molecule has 0 saturated heterocycles. The standard InChI is InChI=1S/C15H24N2O2S2/c1-10-3-4-13(7-10)17-21(18,19)15-8-11(2)14(20-15)9-16-12-5-6-12/h8,10,12-13,16-17H,3-7,9H2,1-2H3. The van der Waals surface area contributed by atoms with E-state index < -0.39 is 10.0 Å². The molecule has 0 radical (unpaired) electrons. The van der Waals surface area contributed by atoms with Crippen molar-refractivity contribution in [2.75, 3.05) is 0 Å². The summed E-state index contributed by atoms with van der Waals surface area (Å²) in [6.07, 6.45) is 5.53. The molecule has 1 aromatic heterocycles. The Balaban J connectivity index is 1.67. The van der Waals surface area contributed by atoms with Crippen LogP contribution in [-0.4, -0.2) is 20.5 Å². The van der Waals surface area contributed by atoms with Gasteiger partial charge in [-0.2, -0.15) is 0 Å². The van der Waals surface area contributed by atoms with Crippen molar-refractivity contribution in [3.05, 3.63) is 16.5 Å². The minimum atomic E-state index is -3.35. The summed E-state index contributed by atoms with van der Waals surface area (Å²) in [4.78, 5) is 1.14. The lowest BCUT2D eigenvalue weighted by Gasteiger charge is -2.11. The largest absolute Gasteiger partial charge is 0.309 e. The number of thiophene rings is 1. The van der Waals surface area contributed by atoms with Crippen LogP contribution in [0.15, 0.2) is 10.3 Å². The maximum Gasteiger partial charge on any atom is 0.250 e. The molecule has 0 aromatic carbocycles. The summed E-state index contributed by atoms with van der Waals surface area (Å²) in [5.41, 5.74) is 1.08. The van der Waals surface area contributed by atoms with Crippen LogP contribution in [0, 0.1) is 12.8 Å². The van der Waals surface area contributed by atoms with E-state index in [0.717, 1.165) is 36.2 Å². The van der Waals surface area contributed by atoms with E-state index in [0.29, 0.717) is 16.2 Å². The van der Waals surface area contributed by atoms with Gasteiger partial charge in [0.25, 0.3) is 0 Å². The molecule has 1 aromatic rings. The molecule has 2 saturated carbocycles. The molecule has 21 heavy (non-hydrogen) atoms. The fourth-order valence-corrected chi connectivity index (χ4v) is 5.75. The van der Waals surface area contributed by atoms with Crippen LogP contribution in [-0.2, 0) is 16.6 Å². The zero-order valence-corrected chi connectivity index (χ0v) is 14.3. The molecule has 2 unspecified atom stereocenters. The minimum absolute atomic E-state index is 0.112. The topological polar surface area (TPSA) is 58.2 Å². The van der Waals surface area contributed by atoms with Gasteiger partial charge in [-0.25, -0.2) is 13.1 Å². The van der Waals surface area contributed by atoms with Gasteiger partial charge in [-0.15, -0.1) is 11.3 Å². The molecule has 2 fully saturated rings. The first-order chi connectivity index (χ1) is 9.94. The van der Waals surface area contributed by atoms with Crippen molar-refractivity contribution in [3.8, 4) is 0 Å². The Morgan fingerprint density at radius 3 is 2.57 bits per heavy atom. The van der Waals surface area contributed by atoms with Crippen molar-refractivity contribution in [1.82, 2.24) is 10.0 Å². The molecule has 118 valence electrons. The van der Waals surface area contributed by atoms with Crippen molar-refractivity contribution >= 4 is 21.4 Å². The van der Waals surface area contributed by atoms with Crippen LogP contribution in [0.5, 0.6) is 0 Å². The Hall–Kier alpha value is -0.430. The van der Waals surface area contributed by atoms with E-state index >= 15 is 0 Å². The summed E-state index contributed by atoms with van der Waals surface area (Å²) in [6, 6.07) is 2.57. The average Bonchev–Trinajstić information content (AvgIpc) is 3.04. The van der Waals surface area contributed by atoms with Crippen LogP contribution in [0.4, 0.5) is 0 Å². The second-order valence-electron chi connectivity index (χ2n) is 6.56. The van der Waals surface area contributed by atoms with Crippen molar-refractivity contribution in [3.63, 3.8) is 0 Å². The number of rotatable bonds is 6. The Bertz CT molecular complexity index is 605. The number of hydrogen-bond acceptors (Lipinski definition) is 4. The highest BCUT2D eigenvalue weighted by molar-refractivity contribution is 7.91. The van der Waals surface area contributed by atoms with E-state index in [9.17, 15) is 8.42 Å². The smallest absolute Gasteiger partial charge is 0.250 e. The molecule has 0 bridgehead atoms. The second kappa shape index (κ2) is 5.99. The van der Waals surface area contributed by atoms with E-state index in [4.69, 9.17) is 0 Å². The monoisotopic (exact) mass is 328 g/mol. The third kappa shape index (κ3) is 3.86. The summed E-state index contributed by atoms with van der Waals surface area (Å²) < 4.78 is 28.3. The SMILES string of the molecule is Cc1cc(S(=O)(=O)NC2CCC(C)C2)sc1CNC1CC1. The van der Waals surface area contributed by atoms with Gasteiger partial charge >= 0.3 is 0 Å². The van der Waals surface area contributed by atoms with E-state index in [2.05, 4.69) is 17.0 Å². The first-order valence-corrected chi connectivity index (χ1v) is 10.1. The molecule has 3 rings (SSSR count). The molecule has 0 spiro atoms. The quantitative estimate of drug-likeness (QED) is 0.844. The summed E-state index contributed by atoms with van der Waals surface area (Å²) >= 11 is 1.41. The third-order valence-corrected chi connectivity index (χ3v) is 7.64. The highest BCUT2D eigenvalue weighted by atomic mass is 32.2. The van der Waals surface area contributed by atoms with Gasteiger partial charge in [-0.1, -0.05) is 6.92 Å². The fraction of sp³-hybridized carbons (Fsp3) is 0.733. The van der Waals surface area contributed by atoms with Crippen molar-refractivity contribution in [2.24, 2.45) is 5.92 Å². The van der Waals surface area contributed by atoms with Crippen molar-refractivity contribution in [2.45, 2.75) is 68.8 Å². The normalized spacial score (nSPS) is 26.4. The van der Waals surface area contributed by atoms with Crippen LogP contribution in [0.25, 0.3) is 0 Å². The van der Waals surface area contributed by atoms with Gasteiger partial charge < -0.3 is 5.32 Å². The molecule has 2 N–H and O–H groups in total. The van der Waals surface area contributed by atoms with E-state index in [1.165, 1.54) is 24.2 Å². The van der Waals surface area contributed by atoms with Gasteiger partial charge in [0.2, 0.25) is 10.0 Å². The van der Waals surface area contributed by atoms with Gasteiger partial charge in [0.15, 0.2) is 0 Å². The van der Waals surface area contributed by atoms with Crippen LogP contribution in [0.3, 0.4) is 0 Å². The van der Waals surface area contributed by atoms with Crippen LogP contribution < -0.4 is 10.0 Å². The van der Waals surface area contributed by atoms with Gasteiger partial charge in [-0.05, 0) is 56.6 Å². The maximum atomic E-state index is 12.5. The third-order valence-electron chi connectivity index (χ3n) is 4.41. The molecule has 2 atom stereocenters. The van der Waals surface area contributed by atoms with E-state index in [1.54, 1.807) is 0 Å². The lowest BCUT2D eigenvalue weighted by Crippen LogP contribution is -2.32. The molecular weight excluding hydrogens is 304 g/mol. The number of nitrogens with one attached hydrogen (secondary N) is 2. The van der Waals surface area contributed by atoms with E-state index in [-0.39, 0.29) is 6.04 Å². The molecule has 2 aliphatic rings. The summed E-state index contributed by atoms with van der Waals surface area (Å²) in [5.74, 6) is 0.626. The zero-order valence-electron chi connectivity index (χ0n) is 12.7. The molecule has 1 heterocycles. The zero-order chi connectivity index (χ0) is 15.0. The Morgan fingerprint density at radius 1 is 1.24 bits per heavy atom. The lowest BCUT2D eigenvalue weighted by atomic mass is 10.1. The molecule has 0 amide bonds. The second-order valence-corrected chi connectivity index (χ2v) is 9.64.